The number of hydrogen-bond donors (Lipinski definition) is 2. The van der Waals surface area contributed by atoms with Gasteiger partial charge in [0.2, 0.25) is 5.91 Å². The Balaban J connectivity index is 1.33. The van der Waals surface area contributed by atoms with E-state index in [1.54, 1.807) is 0 Å². The highest BCUT2D eigenvalue weighted by Crippen LogP contribution is 2.33. The topological polar surface area (TPSA) is 109 Å². The Morgan fingerprint density at radius 1 is 1.15 bits per heavy atom. The van der Waals surface area contributed by atoms with Crippen LogP contribution in [0.3, 0.4) is 0 Å². The molecule has 2 aliphatic rings. The maximum atomic E-state index is 13.4. The number of halogens is 1. The van der Waals surface area contributed by atoms with E-state index >= 15 is 0 Å². The summed E-state index contributed by atoms with van der Waals surface area (Å²) in [5.41, 5.74) is 4.59. The number of amides is 1. The lowest BCUT2D eigenvalue weighted by molar-refractivity contribution is -0.124. The number of fused-ring (bicyclic) bond motifs is 1. The minimum atomic E-state index is -3.99. The summed E-state index contributed by atoms with van der Waals surface area (Å²) in [4.78, 5) is 12.9. The van der Waals surface area contributed by atoms with Crippen molar-refractivity contribution in [1.29, 1.82) is 0 Å². The third kappa shape index (κ3) is 6.24. The molecule has 2 N–H and O–H groups in total. The average Bonchev–Trinajstić information content (AvgIpc) is 3.37. The molecule has 0 saturated carbocycles. The van der Waals surface area contributed by atoms with Crippen LogP contribution in [-0.4, -0.2) is 46.2 Å². The van der Waals surface area contributed by atoms with Crippen LogP contribution in [0.25, 0.3) is 0 Å². The van der Waals surface area contributed by atoms with E-state index in [2.05, 4.69) is 59.9 Å². The van der Waals surface area contributed by atoms with Crippen LogP contribution in [0.2, 0.25) is 5.02 Å². The first kappa shape index (κ1) is 28.3. The number of sulfonamides is 1. The third-order valence-corrected chi connectivity index (χ3v) is 9.25. The molecular weight excluding hydrogens is 548 g/mol. The summed E-state index contributed by atoms with van der Waals surface area (Å²) in [5.74, 6) is -0.426. The normalized spacial score (nSPS) is 19.4. The van der Waals surface area contributed by atoms with Crippen molar-refractivity contribution in [3.8, 4) is 0 Å². The summed E-state index contributed by atoms with van der Waals surface area (Å²) >= 11 is 5.94. The lowest BCUT2D eigenvalue weighted by Crippen LogP contribution is -2.50. The molecule has 0 bridgehead atoms. The number of benzene rings is 2. The number of carbonyl (C=O) groups excluding carboxylic acids is 1. The van der Waals surface area contributed by atoms with Gasteiger partial charge in [0.05, 0.1) is 16.6 Å². The minimum absolute atomic E-state index is 0.0376. The molecule has 3 aromatic rings. The molecule has 11 heteroatoms. The molecule has 1 amide bonds. The first-order valence-electron chi connectivity index (χ1n) is 13.5. The number of rotatable bonds is 8. The van der Waals surface area contributed by atoms with Crippen LogP contribution in [-0.2, 0) is 34.2 Å². The van der Waals surface area contributed by atoms with E-state index in [-0.39, 0.29) is 22.8 Å². The fourth-order valence-corrected chi connectivity index (χ4v) is 6.81. The van der Waals surface area contributed by atoms with Gasteiger partial charge in [-0.2, -0.15) is 0 Å². The Kier molecular flexibility index (Phi) is 8.03. The van der Waals surface area contributed by atoms with Crippen molar-refractivity contribution in [2.24, 2.45) is 5.41 Å². The fraction of sp³-hybridized carbons (Fsp3) is 0.414. The Hall–Kier alpha value is -3.21. The van der Waals surface area contributed by atoms with Gasteiger partial charge in [0.15, 0.2) is 0 Å². The molecular formula is C29H35ClN6O3S. The number of nitrogens with zero attached hydrogens (tertiary/aromatic N) is 4. The van der Waals surface area contributed by atoms with Crippen LogP contribution in [0.1, 0.15) is 62.0 Å². The quantitative estimate of drug-likeness (QED) is 0.412. The van der Waals surface area contributed by atoms with E-state index in [0.29, 0.717) is 10.7 Å². The van der Waals surface area contributed by atoms with E-state index in [9.17, 15) is 13.2 Å². The molecule has 1 aliphatic carbocycles. The van der Waals surface area contributed by atoms with Gasteiger partial charge in [-0.25, -0.2) is 13.1 Å². The van der Waals surface area contributed by atoms with Gasteiger partial charge in [-0.15, -0.1) is 5.10 Å². The van der Waals surface area contributed by atoms with Crippen molar-refractivity contribution < 1.29 is 13.2 Å². The van der Waals surface area contributed by atoms with Gasteiger partial charge >= 0.3 is 0 Å². The Bertz CT molecular complexity index is 1510. The minimum Gasteiger partial charge on any atom is -0.329 e. The molecule has 1 aliphatic heterocycles. The van der Waals surface area contributed by atoms with Crippen LogP contribution in [0.15, 0.2) is 66.0 Å². The Labute approximate surface area is 240 Å². The maximum absolute atomic E-state index is 13.4. The molecule has 1 aromatic heterocycles. The SMILES string of the molecule is CC(C)(C)CNCc1ccc2c(c1)CCC[C@H]2n1cc(C[C@@H]2C(=O)NC=CN2S(=O)(=O)c2ccc(Cl)cc2)nn1. The highest BCUT2D eigenvalue weighted by molar-refractivity contribution is 7.89. The van der Waals surface area contributed by atoms with Crippen molar-refractivity contribution >= 4 is 27.5 Å². The van der Waals surface area contributed by atoms with E-state index < -0.39 is 22.0 Å². The predicted octanol–water partition coefficient (Wildman–Crippen LogP) is 4.20. The second-order valence-corrected chi connectivity index (χ2v) is 13.9. The molecule has 0 spiro atoms. The van der Waals surface area contributed by atoms with Crippen LogP contribution in [0.5, 0.6) is 0 Å². The molecule has 212 valence electrons. The van der Waals surface area contributed by atoms with Gasteiger partial charge in [-0.05, 0) is 65.6 Å². The van der Waals surface area contributed by atoms with Crippen molar-refractivity contribution in [3.63, 3.8) is 0 Å². The standard InChI is InChI=1S/C29H35ClN6O3S/c1-29(2,3)19-31-17-20-7-12-25-21(15-20)5-4-6-26(25)35-18-23(33-34-35)16-27-28(37)32-13-14-36(27)40(38,39)24-10-8-22(30)9-11-24/h7-15,18,26-27,31H,4-6,16-17,19H2,1-3H3,(H,32,37)/t26-,27-/m1/s1. The van der Waals surface area contributed by atoms with Gasteiger partial charge < -0.3 is 10.6 Å². The molecule has 0 fully saturated rings. The largest absolute Gasteiger partial charge is 0.329 e. The molecule has 2 heterocycles. The fourth-order valence-electron chi connectivity index (χ4n) is 5.23. The summed E-state index contributed by atoms with van der Waals surface area (Å²) in [6, 6.07) is 11.6. The zero-order valence-corrected chi connectivity index (χ0v) is 24.5. The van der Waals surface area contributed by atoms with E-state index in [1.807, 2.05) is 10.9 Å². The summed E-state index contributed by atoms with van der Waals surface area (Å²) < 4.78 is 29.7. The molecule has 2 aromatic carbocycles. The second-order valence-electron chi connectivity index (χ2n) is 11.6. The zero-order chi connectivity index (χ0) is 28.5. The molecule has 0 unspecified atom stereocenters. The van der Waals surface area contributed by atoms with Crippen molar-refractivity contribution in [3.05, 3.63) is 88.5 Å². The maximum Gasteiger partial charge on any atom is 0.264 e. The predicted molar refractivity (Wildman–Crippen MR) is 154 cm³/mol. The highest BCUT2D eigenvalue weighted by atomic mass is 35.5. The first-order chi connectivity index (χ1) is 19.0. The summed E-state index contributed by atoms with van der Waals surface area (Å²) in [7, 11) is -3.99. The van der Waals surface area contributed by atoms with Gasteiger partial charge in [0.25, 0.3) is 10.0 Å². The number of aryl methyl sites for hydroxylation is 1. The Morgan fingerprint density at radius 2 is 1.93 bits per heavy atom. The summed E-state index contributed by atoms with van der Waals surface area (Å²) in [6.07, 6.45) is 7.60. The van der Waals surface area contributed by atoms with Crippen LogP contribution in [0, 0.1) is 5.41 Å². The average molecular weight is 583 g/mol. The van der Waals surface area contributed by atoms with Crippen LogP contribution >= 0.6 is 11.6 Å². The smallest absolute Gasteiger partial charge is 0.264 e. The highest BCUT2D eigenvalue weighted by Gasteiger charge is 2.36. The number of carbonyl (C=O) groups is 1. The van der Waals surface area contributed by atoms with Gasteiger partial charge in [0, 0.05) is 43.1 Å². The number of nitrogens with one attached hydrogen (secondary N) is 2. The lowest BCUT2D eigenvalue weighted by atomic mass is 9.86. The number of hydrogen-bond acceptors (Lipinski definition) is 6. The number of aromatic nitrogens is 3. The first-order valence-corrected chi connectivity index (χ1v) is 15.3. The Morgan fingerprint density at radius 3 is 2.67 bits per heavy atom. The van der Waals surface area contributed by atoms with E-state index in [4.69, 9.17) is 11.6 Å². The third-order valence-electron chi connectivity index (χ3n) is 7.20. The van der Waals surface area contributed by atoms with Crippen LogP contribution in [0.4, 0.5) is 0 Å². The molecule has 0 saturated heterocycles. The molecule has 9 nitrogen and oxygen atoms in total. The molecule has 40 heavy (non-hydrogen) atoms. The van der Waals surface area contributed by atoms with Gasteiger partial charge in [-0.3, -0.25) is 9.10 Å². The zero-order valence-electron chi connectivity index (χ0n) is 23.0. The van der Waals surface area contributed by atoms with E-state index in [0.717, 1.165) is 36.7 Å². The van der Waals surface area contributed by atoms with E-state index in [1.165, 1.54) is 53.4 Å². The lowest BCUT2D eigenvalue weighted by Gasteiger charge is -2.31. The monoisotopic (exact) mass is 582 g/mol. The van der Waals surface area contributed by atoms with Crippen molar-refractivity contribution in [2.75, 3.05) is 6.54 Å². The van der Waals surface area contributed by atoms with Crippen LogP contribution < -0.4 is 10.6 Å². The molecule has 0 radical (unpaired) electrons. The second kappa shape index (κ2) is 11.3. The molecule has 2 atom stereocenters. The summed E-state index contributed by atoms with van der Waals surface area (Å²) in [5, 5.41) is 15.3. The summed E-state index contributed by atoms with van der Waals surface area (Å²) in [6.45, 7) is 8.43. The molecule has 5 rings (SSSR count). The van der Waals surface area contributed by atoms with Gasteiger partial charge in [0.1, 0.15) is 6.04 Å². The van der Waals surface area contributed by atoms with Gasteiger partial charge in [-0.1, -0.05) is 55.8 Å². The van der Waals surface area contributed by atoms with Crippen molar-refractivity contribution in [2.45, 2.75) is 70.0 Å². The van der Waals surface area contributed by atoms with Crippen molar-refractivity contribution in [1.82, 2.24) is 29.9 Å².